The first-order chi connectivity index (χ1) is 12.5. The Bertz CT molecular complexity index is 806. The summed E-state index contributed by atoms with van der Waals surface area (Å²) in [4.78, 5) is 22.4. The molecule has 0 saturated carbocycles. The number of halogens is 1. The van der Waals surface area contributed by atoms with Crippen molar-refractivity contribution in [3.63, 3.8) is 0 Å². The van der Waals surface area contributed by atoms with E-state index in [1.807, 2.05) is 0 Å². The third kappa shape index (κ3) is 6.10. The standard InChI is InChI=1S/C18H17ClN2O5/c1-25-14-5-2-12(3-6-14)9-17(22)21-20-10-13-4-7-16(15(19)8-13)26-11-18(23)24/h2-8,10H,9,11H2,1H3,(H,21,22)(H,23,24)/b20-10+. The number of hydrogen-bond donors (Lipinski definition) is 2. The maximum atomic E-state index is 11.9. The average Bonchev–Trinajstić information content (AvgIpc) is 2.61. The average molecular weight is 377 g/mol. The first kappa shape index (κ1) is 19.3. The lowest BCUT2D eigenvalue weighted by atomic mass is 10.1. The van der Waals surface area contributed by atoms with Crippen LogP contribution in [-0.2, 0) is 16.0 Å². The fraction of sp³-hybridized carbons (Fsp3) is 0.167. The third-order valence-electron chi connectivity index (χ3n) is 3.23. The Morgan fingerprint density at radius 2 is 1.96 bits per heavy atom. The van der Waals surface area contributed by atoms with Gasteiger partial charge in [-0.25, -0.2) is 10.2 Å². The van der Waals surface area contributed by atoms with Crippen LogP contribution in [0.4, 0.5) is 0 Å². The number of carbonyl (C=O) groups excluding carboxylic acids is 1. The number of aliphatic carboxylic acids is 1. The molecule has 7 nitrogen and oxygen atoms in total. The first-order valence-electron chi connectivity index (χ1n) is 7.57. The number of nitrogens with zero attached hydrogens (tertiary/aromatic N) is 1. The van der Waals surface area contributed by atoms with Crippen molar-refractivity contribution in [3.8, 4) is 11.5 Å². The van der Waals surface area contributed by atoms with Gasteiger partial charge in [0, 0.05) is 0 Å². The number of ether oxygens (including phenoxy) is 2. The number of amides is 1. The van der Waals surface area contributed by atoms with Crippen molar-refractivity contribution in [2.45, 2.75) is 6.42 Å². The van der Waals surface area contributed by atoms with Gasteiger partial charge < -0.3 is 14.6 Å². The maximum absolute atomic E-state index is 11.9. The third-order valence-corrected chi connectivity index (χ3v) is 3.53. The number of rotatable bonds is 8. The lowest BCUT2D eigenvalue weighted by molar-refractivity contribution is -0.139. The number of nitrogens with one attached hydrogen (secondary N) is 1. The SMILES string of the molecule is COc1ccc(CC(=O)N/N=C/c2ccc(OCC(=O)O)c(Cl)c2)cc1. The van der Waals surface area contributed by atoms with Gasteiger partial charge in [-0.1, -0.05) is 23.7 Å². The lowest BCUT2D eigenvalue weighted by Crippen LogP contribution is -2.19. The highest BCUT2D eigenvalue weighted by Crippen LogP contribution is 2.24. The van der Waals surface area contributed by atoms with Gasteiger partial charge in [-0.3, -0.25) is 4.79 Å². The Labute approximate surface area is 155 Å². The molecule has 0 aliphatic rings. The van der Waals surface area contributed by atoms with Crippen molar-refractivity contribution < 1.29 is 24.2 Å². The Hall–Kier alpha value is -3.06. The van der Waals surface area contributed by atoms with Crippen LogP contribution in [0.15, 0.2) is 47.6 Å². The van der Waals surface area contributed by atoms with Gasteiger partial charge in [0.25, 0.3) is 0 Å². The van der Waals surface area contributed by atoms with E-state index < -0.39 is 12.6 Å². The van der Waals surface area contributed by atoms with Crippen LogP contribution in [0.2, 0.25) is 5.02 Å². The van der Waals surface area contributed by atoms with Crippen LogP contribution in [0.5, 0.6) is 11.5 Å². The zero-order valence-corrected chi connectivity index (χ0v) is 14.7. The predicted octanol–water partition coefficient (Wildman–Crippen LogP) is 2.50. The molecular formula is C18H17ClN2O5. The molecular weight excluding hydrogens is 360 g/mol. The Morgan fingerprint density at radius 3 is 2.58 bits per heavy atom. The van der Waals surface area contributed by atoms with Crippen molar-refractivity contribution in [2.24, 2.45) is 5.10 Å². The number of benzene rings is 2. The molecule has 2 aromatic carbocycles. The normalized spacial score (nSPS) is 10.5. The van der Waals surface area contributed by atoms with Gasteiger partial charge in [-0.15, -0.1) is 0 Å². The highest BCUT2D eigenvalue weighted by Gasteiger charge is 2.05. The van der Waals surface area contributed by atoms with Crippen LogP contribution in [0.1, 0.15) is 11.1 Å². The molecule has 0 bridgehead atoms. The number of hydrogen-bond acceptors (Lipinski definition) is 5. The number of carboxylic acid groups (broad SMARTS) is 1. The van der Waals surface area contributed by atoms with Crippen LogP contribution >= 0.6 is 11.6 Å². The minimum atomic E-state index is -1.09. The molecule has 2 aromatic rings. The fourth-order valence-electron chi connectivity index (χ4n) is 2.00. The molecule has 0 heterocycles. The molecule has 136 valence electrons. The molecule has 2 N–H and O–H groups in total. The summed E-state index contributed by atoms with van der Waals surface area (Å²) in [6, 6.07) is 11.9. The second-order valence-electron chi connectivity index (χ2n) is 5.19. The molecule has 1 amide bonds. The van der Waals surface area contributed by atoms with E-state index >= 15 is 0 Å². The molecule has 0 fully saturated rings. The summed E-state index contributed by atoms with van der Waals surface area (Å²) in [5.74, 6) is -0.375. The van der Waals surface area contributed by atoms with Gasteiger partial charge in [0.1, 0.15) is 11.5 Å². The van der Waals surface area contributed by atoms with Crippen LogP contribution < -0.4 is 14.9 Å². The predicted molar refractivity (Wildman–Crippen MR) is 97.0 cm³/mol. The summed E-state index contributed by atoms with van der Waals surface area (Å²) < 4.78 is 10.1. The van der Waals surface area contributed by atoms with Crippen molar-refractivity contribution in [1.82, 2.24) is 5.43 Å². The molecule has 0 unspecified atom stereocenters. The van der Waals surface area contributed by atoms with Gasteiger partial charge in [-0.2, -0.15) is 5.10 Å². The molecule has 2 rings (SSSR count). The number of carboxylic acids is 1. The van der Waals surface area contributed by atoms with Crippen LogP contribution in [0, 0.1) is 0 Å². The van der Waals surface area contributed by atoms with Gasteiger partial charge in [0.05, 0.1) is 24.8 Å². The molecule has 0 aromatic heterocycles. The highest BCUT2D eigenvalue weighted by molar-refractivity contribution is 6.32. The first-order valence-corrected chi connectivity index (χ1v) is 7.94. The molecule has 0 saturated heterocycles. The number of carbonyl (C=O) groups is 2. The number of methoxy groups -OCH3 is 1. The zero-order valence-electron chi connectivity index (χ0n) is 13.9. The topological polar surface area (TPSA) is 97.2 Å². The largest absolute Gasteiger partial charge is 0.497 e. The molecule has 8 heteroatoms. The summed E-state index contributed by atoms with van der Waals surface area (Å²) in [6.45, 7) is -0.478. The zero-order chi connectivity index (χ0) is 18.9. The van der Waals surface area contributed by atoms with E-state index in [0.717, 1.165) is 11.3 Å². The quantitative estimate of drug-likeness (QED) is 0.545. The van der Waals surface area contributed by atoms with E-state index in [0.29, 0.717) is 5.56 Å². The Kier molecular flexibility index (Phi) is 6.99. The second-order valence-corrected chi connectivity index (χ2v) is 5.60. The lowest BCUT2D eigenvalue weighted by Gasteiger charge is -2.06. The monoisotopic (exact) mass is 376 g/mol. The smallest absolute Gasteiger partial charge is 0.341 e. The summed E-state index contributed by atoms with van der Waals surface area (Å²) in [5, 5.41) is 12.7. The highest BCUT2D eigenvalue weighted by atomic mass is 35.5. The van der Waals surface area contributed by atoms with E-state index in [4.69, 9.17) is 26.2 Å². The van der Waals surface area contributed by atoms with Crippen molar-refractivity contribution in [3.05, 3.63) is 58.6 Å². The Balaban J connectivity index is 1.87. The second kappa shape index (κ2) is 9.43. The molecule has 0 atom stereocenters. The van der Waals surface area contributed by atoms with Gasteiger partial charge in [0.15, 0.2) is 6.61 Å². The van der Waals surface area contributed by atoms with Gasteiger partial charge >= 0.3 is 5.97 Å². The van der Waals surface area contributed by atoms with E-state index in [-0.39, 0.29) is 23.1 Å². The molecule has 0 aliphatic carbocycles. The van der Waals surface area contributed by atoms with E-state index in [1.54, 1.807) is 43.5 Å². The van der Waals surface area contributed by atoms with Gasteiger partial charge in [0.2, 0.25) is 5.91 Å². The Morgan fingerprint density at radius 1 is 1.23 bits per heavy atom. The molecule has 0 aliphatic heterocycles. The fourth-order valence-corrected chi connectivity index (χ4v) is 2.24. The maximum Gasteiger partial charge on any atom is 0.341 e. The van der Waals surface area contributed by atoms with Crippen LogP contribution in [0.25, 0.3) is 0 Å². The minimum absolute atomic E-state index is 0.185. The van der Waals surface area contributed by atoms with Crippen LogP contribution in [-0.4, -0.2) is 36.9 Å². The number of hydrazone groups is 1. The summed E-state index contributed by atoms with van der Waals surface area (Å²) in [6.07, 6.45) is 1.61. The molecule has 0 spiro atoms. The van der Waals surface area contributed by atoms with Crippen molar-refractivity contribution >= 4 is 29.7 Å². The molecule has 26 heavy (non-hydrogen) atoms. The molecule has 0 radical (unpaired) electrons. The van der Waals surface area contributed by atoms with Crippen molar-refractivity contribution in [1.29, 1.82) is 0 Å². The summed E-state index contributed by atoms with van der Waals surface area (Å²) in [7, 11) is 1.58. The van der Waals surface area contributed by atoms with E-state index in [2.05, 4.69) is 10.5 Å². The minimum Gasteiger partial charge on any atom is -0.497 e. The summed E-state index contributed by atoms with van der Waals surface area (Å²) >= 11 is 6.01. The van der Waals surface area contributed by atoms with E-state index in [1.165, 1.54) is 12.3 Å². The van der Waals surface area contributed by atoms with Gasteiger partial charge in [-0.05, 0) is 41.5 Å². The summed E-state index contributed by atoms with van der Waals surface area (Å²) in [5.41, 5.74) is 3.89. The van der Waals surface area contributed by atoms with E-state index in [9.17, 15) is 9.59 Å². The van der Waals surface area contributed by atoms with Crippen LogP contribution in [0.3, 0.4) is 0 Å². The van der Waals surface area contributed by atoms with Crippen molar-refractivity contribution in [2.75, 3.05) is 13.7 Å².